The molecule has 0 aliphatic heterocycles. The number of esters is 1. The molecule has 0 unspecified atom stereocenters. The van der Waals surface area contributed by atoms with Crippen LogP contribution in [0.1, 0.15) is 24.2 Å². The lowest BCUT2D eigenvalue weighted by atomic mass is 10.1. The van der Waals surface area contributed by atoms with Crippen LogP contribution in [-0.2, 0) is 9.53 Å². The second kappa shape index (κ2) is 6.91. The summed E-state index contributed by atoms with van der Waals surface area (Å²) >= 11 is 9.23. The Kier molecular flexibility index (Phi) is 5.82. The summed E-state index contributed by atoms with van der Waals surface area (Å²) in [6.45, 7) is 3.59. The van der Waals surface area contributed by atoms with Gasteiger partial charge in [0.15, 0.2) is 0 Å². The molecule has 6 heteroatoms. The van der Waals surface area contributed by atoms with Gasteiger partial charge in [0.1, 0.15) is 6.54 Å². The van der Waals surface area contributed by atoms with Crippen molar-refractivity contribution in [2.45, 2.75) is 19.9 Å². The van der Waals surface area contributed by atoms with Crippen molar-refractivity contribution in [3.8, 4) is 0 Å². The fourth-order valence-electron chi connectivity index (χ4n) is 1.49. The molecule has 0 N–H and O–H groups in total. The highest BCUT2D eigenvalue weighted by atomic mass is 79.9. The molecule has 1 aromatic carbocycles. The second-order valence-electron chi connectivity index (χ2n) is 4.23. The Morgan fingerprint density at radius 2 is 2.05 bits per heavy atom. The molecule has 0 radical (unpaired) electrons. The molecule has 0 aromatic heterocycles. The third kappa shape index (κ3) is 4.21. The number of benzene rings is 1. The molecule has 4 nitrogen and oxygen atoms in total. The minimum Gasteiger partial charge on any atom is -0.468 e. The van der Waals surface area contributed by atoms with E-state index in [1.807, 2.05) is 13.8 Å². The lowest BCUT2D eigenvalue weighted by molar-refractivity contribution is -0.141. The second-order valence-corrected chi connectivity index (χ2v) is 5.49. The zero-order valence-electron chi connectivity index (χ0n) is 10.9. The number of hydrogen-bond donors (Lipinski definition) is 0. The number of hydrogen-bond acceptors (Lipinski definition) is 3. The molecule has 1 amide bonds. The van der Waals surface area contributed by atoms with Gasteiger partial charge in [-0.3, -0.25) is 9.59 Å². The molecule has 0 aliphatic rings. The van der Waals surface area contributed by atoms with E-state index in [1.54, 1.807) is 18.2 Å². The maximum absolute atomic E-state index is 12.3. The fourth-order valence-corrected chi connectivity index (χ4v) is 1.91. The van der Waals surface area contributed by atoms with Crippen molar-refractivity contribution in [2.75, 3.05) is 13.7 Å². The number of ether oxygens (including phenoxy) is 1. The van der Waals surface area contributed by atoms with E-state index in [0.717, 1.165) is 4.47 Å². The van der Waals surface area contributed by atoms with Crippen molar-refractivity contribution in [3.05, 3.63) is 33.3 Å². The molecule has 0 saturated carbocycles. The van der Waals surface area contributed by atoms with Crippen LogP contribution in [-0.4, -0.2) is 36.5 Å². The number of nitrogens with zero attached hydrogens (tertiary/aromatic N) is 1. The Bertz CT molecular complexity index is 491. The van der Waals surface area contributed by atoms with E-state index in [-0.39, 0.29) is 18.5 Å². The summed E-state index contributed by atoms with van der Waals surface area (Å²) in [5, 5.41) is 0.452. The molecule has 19 heavy (non-hydrogen) atoms. The van der Waals surface area contributed by atoms with Gasteiger partial charge < -0.3 is 9.64 Å². The first-order chi connectivity index (χ1) is 8.86. The fraction of sp³-hybridized carbons (Fsp3) is 0.385. The minimum absolute atomic E-state index is 0.0827. The van der Waals surface area contributed by atoms with Crippen LogP contribution in [0.5, 0.6) is 0 Å². The van der Waals surface area contributed by atoms with Gasteiger partial charge in [-0.15, -0.1) is 0 Å². The number of carbonyl (C=O) groups excluding carboxylic acids is 2. The van der Waals surface area contributed by atoms with E-state index in [4.69, 9.17) is 11.6 Å². The quantitative estimate of drug-likeness (QED) is 0.785. The van der Waals surface area contributed by atoms with E-state index in [0.29, 0.717) is 10.6 Å². The maximum Gasteiger partial charge on any atom is 0.325 e. The number of halogens is 2. The van der Waals surface area contributed by atoms with Gasteiger partial charge >= 0.3 is 5.97 Å². The Morgan fingerprint density at radius 1 is 1.42 bits per heavy atom. The molecule has 0 heterocycles. The zero-order valence-corrected chi connectivity index (χ0v) is 13.3. The van der Waals surface area contributed by atoms with E-state index in [1.165, 1.54) is 12.0 Å². The smallest absolute Gasteiger partial charge is 0.325 e. The molecule has 0 aliphatic carbocycles. The highest BCUT2D eigenvalue weighted by Gasteiger charge is 2.22. The topological polar surface area (TPSA) is 46.6 Å². The monoisotopic (exact) mass is 347 g/mol. The van der Waals surface area contributed by atoms with Crippen LogP contribution in [0.2, 0.25) is 5.02 Å². The molecule has 0 saturated heterocycles. The molecular formula is C13H15BrClNO3. The van der Waals surface area contributed by atoms with Crippen molar-refractivity contribution in [3.63, 3.8) is 0 Å². The Hall–Kier alpha value is -1.07. The summed E-state index contributed by atoms with van der Waals surface area (Å²) in [4.78, 5) is 25.1. The van der Waals surface area contributed by atoms with Crippen molar-refractivity contribution in [2.24, 2.45) is 0 Å². The van der Waals surface area contributed by atoms with Gasteiger partial charge in [-0.05, 0) is 48.0 Å². The zero-order chi connectivity index (χ0) is 14.6. The first-order valence-electron chi connectivity index (χ1n) is 5.69. The number of methoxy groups -OCH3 is 1. The van der Waals surface area contributed by atoms with Crippen LogP contribution < -0.4 is 0 Å². The molecule has 0 fully saturated rings. The molecule has 0 atom stereocenters. The van der Waals surface area contributed by atoms with Crippen LogP contribution in [0.15, 0.2) is 22.7 Å². The van der Waals surface area contributed by atoms with Crippen LogP contribution in [0.25, 0.3) is 0 Å². The molecule has 0 bridgehead atoms. The van der Waals surface area contributed by atoms with Gasteiger partial charge in [0.05, 0.1) is 12.1 Å². The third-order valence-electron chi connectivity index (χ3n) is 2.58. The largest absolute Gasteiger partial charge is 0.468 e. The van der Waals surface area contributed by atoms with Crippen molar-refractivity contribution in [1.29, 1.82) is 0 Å². The lowest BCUT2D eigenvalue weighted by Crippen LogP contribution is -2.41. The van der Waals surface area contributed by atoms with Crippen LogP contribution in [0.3, 0.4) is 0 Å². The number of carbonyl (C=O) groups is 2. The highest BCUT2D eigenvalue weighted by molar-refractivity contribution is 9.10. The van der Waals surface area contributed by atoms with Crippen molar-refractivity contribution < 1.29 is 14.3 Å². The summed E-state index contributed by atoms with van der Waals surface area (Å²) < 4.78 is 5.31. The highest BCUT2D eigenvalue weighted by Crippen LogP contribution is 2.24. The number of rotatable bonds is 4. The Labute approximate surface area is 125 Å². The molecule has 104 valence electrons. The SMILES string of the molecule is COC(=O)CN(C(=O)c1ccc(Br)c(Cl)c1)C(C)C. The van der Waals surface area contributed by atoms with Crippen molar-refractivity contribution >= 4 is 39.4 Å². The van der Waals surface area contributed by atoms with E-state index >= 15 is 0 Å². The Morgan fingerprint density at radius 3 is 2.53 bits per heavy atom. The summed E-state index contributed by atoms with van der Waals surface area (Å²) in [5.41, 5.74) is 0.436. The molecular weight excluding hydrogens is 334 g/mol. The lowest BCUT2D eigenvalue weighted by Gasteiger charge is -2.25. The van der Waals surface area contributed by atoms with Gasteiger partial charge in [0.25, 0.3) is 5.91 Å². The van der Waals surface area contributed by atoms with Gasteiger partial charge in [0.2, 0.25) is 0 Å². The summed E-state index contributed by atoms with van der Waals surface area (Å²) in [7, 11) is 1.29. The summed E-state index contributed by atoms with van der Waals surface area (Å²) in [5.74, 6) is -0.708. The molecule has 0 spiro atoms. The average Bonchev–Trinajstić information content (AvgIpc) is 2.37. The predicted molar refractivity (Wildman–Crippen MR) is 77.3 cm³/mol. The molecule has 1 rings (SSSR count). The van der Waals surface area contributed by atoms with Gasteiger partial charge in [0, 0.05) is 16.1 Å². The number of amides is 1. The summed E-state index contributed by atoms with van der Waals surface area (Å²) in [6, 6.07) is 4.81. The summed E-state index contributed by atoms with van der Waals surface area (Å²) in [6.07, 6.45) is 0. The standard InChI is InChI=1S/C13H15BrClNO3/c1-8(2)16(7-12(17)19-3)13(18)9-4-5-10(14)11(15)6-9/h4-6,8H,7H2,1-3H3. The van der Waals surface area contributed by atoms with Gasteiger partial charge in [-0.2, -0.15) is 0 Å². The first-order valence-corrected chi connectivity index (χ1v) is 6.86. The van der Waals surface area contributed by atoms with Crippen LogP contribution in [0, 0.1) is 0 Å². The minimum atomic E-state index is -0.453. The van der Waals surface area contributed by atoms with Crippen molar-refractivity contribution in [1.82, 2.24) is 4.90 Å². The van der Waals surface area contributed by atoms with Crippen LogP contribution >= 0.6 is 27.5 Å². The van der Waals surface area contributed by atoms with Gasteiger partial charge in [-0.1, -0.05) is 11.6 Å². The Balaban J connectivity index is 2.99. The first kappa shape index (κ1) is 16.0. The van der Waals surface area contributed by atoms with Gasteiger partial charge in [-0.25, -0.2) is 0 Å². The predicted octanol–water partition coefficient (Wildman–Crippen LogP) is 3.13. The van der Waals surface area contributed by atoms with E-state index in [2.05, 4.69) is 20.7 Å². The third-order valence-corrected chi connectivity index (χ3v) is 3.81. The normalized spacial score (nSPS) is 10.4. The van der Waals surface area contributed by atoms with E-state index in [9.17, 15) is 9.59 Å². The van der Waals surface area contributed by atoms with E-state index < -0.39 is 5.97 Å². The van der Waals surface area contributed by atoms with Crippen LogP contribution in [0.4, 0.5) is 0 Å². The maximum atomic E-state index is 12.3. The molecule has 1 aromatic rings. The average molecular weight is 349 g/mol.